The van der Waals surface area contributed by atoms with E-state index in [1.165, 1.54) is 12.3 Å². The van der Waals surface area contributed by atoms with Gasteiger partial charge in [0.05, 0.1) is 17.9 Å². The highest BCUT2D eigenvalue weighted by molar-refractivity contribution is 6.05. The Morgan fingerprint density at radius 2 is 1.87 bits per heavy atom. The number of piperidine rings is 1. The fourth-order valence-electron chi connectivity index (χ4n) is 5.12. The number of benzene rings is 1. The van der Waals surface area contributed by atoms with E-state index in [1.54, 1.807) is 12.3 Å². The Hall–Kier alpha value is -2.87. The molecule has 0 unspecified atom stereocenters. The molecule has 1 aliphatic carbocycles. The van der Waals surface area contributed by atoms with E-state index in [1.807, 2.05) is 13.8 Å². The molecule has 2 aromatic heterocycles. The first-order valence-corrected chi connectivity index (χ1v) is 10.3. The van der Waals surface area contributed by atoms with Crippen LogP contribution in [0.1, 0.15) is 59.5 Å². The lowest BCUT2D eigenvalue weighted by molar-refractivity contribution is 0.0253. The highest BCUT2D eigenvalue weighted by Gasteiger charge is 2.45. The van der Waals surface area contributed by atoms with Crippen LogP contribution in [-0.2, 0) is 6.42 Å². The summed E-state index contributed by atoms with van der Waals surface area (Å²) in [5, 5.41) is 13.9. The summed E-state index contributed by atoms with van der Waals surface area (Å²) >= 11 is 0. The highest BCUT2D eigenvalue weighted by Crippen LogP contribution is 2.44. The van der Waals surface area contributed by atoms with Crippen LogP contribution in [0.2, 0.25) is 0 Å². The Bertz CT molecular complexity index is 1150. The van der Waals surface area contributed by atoms with Crippen molar-refractivity contribution in [1.29, 1.82) is 0 Å². The molecule has 1 aliphatic heterocycles. The molecule has 0 amide bonds. The second-order valence-electron chi connectivity index (χ2n) is 9.21. The van der Waals surface area contributed by atoms with Gasteiger partial charge in [0.1, 0.15) is 17.0 Å². The van der Waals surface area contributed by atoms with E-state index in [9.17, 15) is 14.0 Å². The average Bonchev–Trinajstić information content (AvgIpc) is 3.37. The zero-order chi connectivity index (χ0) is 21.1. The number of nitrogens with zero attached hydrogens (tertiary/aromatic N) is 3. The van der Waals surface area contributed by atoms with Gasteiger partial charge < -0.3 is 0 Å². The number of ketones is 2. The van der Waals surface area contributed by atoms with E-state index >= 15 is 0 Å². The molecule has 0 atom stereocenters. The van der Waals surface area contributed by atoms with Crippen molar-refractivity contribution in [3.8, 4) is 0 Å². The predicted octanol–water partition coefficient (Wildman–Crippen LogP) is 3.30. The normalized spacial score (nSPS) is 19.4. The molecule has 3 heterocycles. The van der Waals surface area contributed by atoms with Crippen LogP contribution in [0.15, 0.2) is 24.5 Å². The predicted molar refractivity (Wildman–Crippen MR) is 109 cm³/mol. The van der Waals surface area contributed by atoms with Gasteiger partial charge in [0, 0.05) is 22.9 Å². The second-order valence-corrected chi connectivity index (χ2v) is 9.21. The van der Waals surface area contributed by atoms with Gasteiger partial charge in [-0.15, -0.1) is 0 Å². The number of fused-ring (bicyclic) bond motifs is 2. The van der Waals surface area contributed by atoms with Gasteiger partial charge in [-0.05, 0) is 63.7 Å². The molecule has 7 nitrogen and oxygen atoms in total. The van der Waals surface area contributed by atoms with E-state index in [0.29, 0.717) is 28.6 Å². The summed E-state index contributed by atoms with van der Waals surface area (Å²) in [6.07, 6.45) is 6.33. The highest BCUT2D eigenvalue weighted by atomic mass is 19.1. The molecule has 1 saturated heterocycles. The van der Waals surface area contributed by atoms with Crippen LogP contribution in [0.25, 0.3) is 10.9 Å². The van der Waals surface area contributed by atoms with Crippen molar-refractivity contribution in [3.05, 3.63) is 47.2 Å². The molecule has 8 heteroatoms. The molecule has 1 spiro atoms. The van der Waals surface area contributed by atoms with E-state index < -0.39 is 11.4 Å². The number of carbonyl (C=O) groups excluding carboxylic acids is 2. The molecule has 0 saturated carbocycles. The van der Waals surface area contributed by atoms with Crippen LogP contribution in [0, 0.1) is 11.2 Å². The Kier molecular flexibility index (Phi) is 4.18. The first-order chi connectivity index (χ1) is 14.3. The first kappa shape index (κ1) is 19.1. The standard InChI is InChI=1S/C22H24FN5O2/c1-21(2,20(30)13-7-14-11-24-26-18(14)16(23)8-13)28-5-3-22(4-6-28)9-15-12-25-27-19(15)17(29)10-22/h7-8,11-12H,3-6,9-10H2,1-2H3,(H,24,26)(H,25,27). The summed E-state index contributed by atoms with van der Waals surface area (Å²) in [6, 6.07) is 2.98. The van der Waals surface area contributed by atoms with Crippen molar-refractivity contribution in [2.75, 3.05) is 13.1 Å². The Morgan fingerprint density at radius 3 is 2.63 bits per heavy atom. The van der Waals surface area contributed by atoms with E-state index in [2.05, 4.69) is 25.3 Å². The number of rotatable bonds is 3. The lowest BCUT2D eigenvalue weighted by Gasteiger charge is -2.48. The van der Waals surface area contributed by atoms with E-state index in [0.717, 1.165) is 37.9 Å². The maximum absolute atomic E-state index is 14.4. The maximum atomic E-state index is 14.4. The minimum absolute atomic E-state index is 0.0641. The number of nitrogens with one attached hydrogen (secondary N) is 2. The molecule has 2 aliphatic rings. The van der Waals surface area contributed by atoms with Crippen LogP contribution >= 0.6 is 0 Å². The quantitative estimate of drug-likeness (QED) is 0.648. The van der Waals surface area contributed by atoms with Crippen LogP contribution < -0.4 is 0 Å². The molecule has 1 fully saturated rings. The number of likely N-dealkylation sites (tertiary alicyclic amines) is 1. The molecule has 1 aromatic carbocycles. The number of hydrogen-bond acceptors (Lipinski definition) is 5. The zero-order valence-electron chi connectivity index (χ0n) is 17.1. The van der Waals surface area contributed by atoms with E-state index in [4.69, 9.17) is 0 Å². The number of carbonyl (C=O) groups is 2. The average molecular weight is 409 g/mol. The summed E-state index contributed by atoms with van der Waals surface area (Å²) < 4.78 is 14.4. The Balaban J connectivity index is 1.35. The van der Waals surface area contributed by atoms with Gasteiger partial charge in [0.25, 0.3) is 0 Å². The SMILES string of the molecule is CC(C)(C(=O)c1cc(F)c2[nH]ncc2c1)N1CCC2(CC1)CC(=O)c1[nH]ncc1C2. The maximum Gasteiger partial charge on any atom is 0.182 e. The van der Waals surface area contributed by atoms with E-state index in [-0.39, 0.29) is 17.0 Å². The fraction of sp³-hybridized carbons (Fsp3) is 0.455. The van der Waals surface area contributed by atoms with Crippen molar-refractivity contribution >= 4 is 22.5 Å². The molecule has 156 valence electrons. The van der Waals surface area contributed by atoms with Crippen LogP contribution in [0.3, 0.4) is 0 Å². The largest absolute Gasteiger partial charge is 0.292 e. The monoisotopic (exact) mass is 409 g/mol. The molecule has 0 bridgehead atoms. The third-order valence-electron chi connectivity index (χ3n) is 7.03. The summed E-state index contributed by atoms with van der Waals surface area (Å²) in [4.78, 5) is 28.0. The lowest BCUT2D eigenvalue weighted by atomic mass is 9.66. The Labute approximate surface area is 173 Å². The fourth-order valence-corrected chi connectivity index (χ4v) is 5.12. The third kappa shape index (κ3) is 2.89. The number of hydrogen-bond donors (Lipinski definition) is 2. The van der Waals surface area contributed by atoms with Gasteiger partial charge in [-0.2, -0.15) is 10.2 Å². The van der Waals surface area contributed by atoms with Crippen molar-refractivity contribution in [1.82, 2.24) is 25.3 Å². The van der Waals surface area contributed by atoms with Crippen molar-refractivity contribution < 1.29 is 14.0 Å². The minimum Gasteiger partial charge on any atom is -0.292 e. The minimum atomic E-state index is -0.773. The first-order valence-electron chi connectivity index (χ1n) is 10.3. The molecule has 2 N–H and O–H groups in total. The van der Waals surface area contributed by atoms with Gasteiger partial charge in [0.2, 0.25) is 0 Å². The summed E-state index contributed by atoms with van der Waals surface area (Å²) in [5.41, 5.74) is 1.47. The van der Waals surface area contributed by atoms with Gasteiger partial charge in [-0.25, -0.2) is 4.39 Å². The number of Topliss-reactive ketones (excluding diaryl/α,β-unsaturated/α-hetero) is 2. The smallest absolute Gasteiger partial charge is 0.182 e. The molecule has 30 heavy (non-hydrogen) atoms. The van der Waals surface area contributed by atoms with Gasteiger partial charge in [0.15, 0.2) is 11.6 Å². The van der Waals surface area contributed by atoms with Gasteiger partial charge in [-0.3, -0.25) is 24.7 Å². The van der Waals surface area contributed by atoms with Crippen molar-refractivity contribution in [3.63, 3.8) is 0 Å². The topological polar surface area (TPSA) is 94.7 Å². The molecule has 3 aromatic rings. The van der Waals surface area contributed by atoms with Crippen LogP contribution in [0.4, 0.5) is 4.39 Å². The van der Waals surface area contributed by atoms with Crippen LogP contribution in [0.5, 0.6) is 0 Å². The molecule has 5 rings (SSSR count). The Morgan fingerprint density at radius 1 is 1.13 bits per heavy atom. The summed E-state index contributed by atoms with van der Waals surface area (Å²) in [7, 11) is 0. The number of H-pyrrole nitrogens is 2. The molecule has 0 radical (unpaired) electrons. The summed E-state index contributed by atoms with van der Waals surface area (Å²) in [6.45, 7) is 5.22. The van der Waals surface area contributed by atoms with Gasteiger partial charge in [-0.1, -0.05) is 0 Å². The number of halogens is 1. The molecular formula is C22H24FN5O2. The van der Waals surface area contributed by atoms with Gasteiger partial charge >= 0.3 is 0 Å². The number of aromatic amines is 2. The number of aromatic nitrogens is 4. The lowest BCUT2D eigenvalue weighted by Crippen LogP contribution is -2.55. The zero-order valence-corrected chi connectivity index (χ0v) is 17.1. The van der Waals surface area contributed by atoms with Crippen molar-refractivity contribution in [2.24, 2.45) is 5.41 Å². The van der Waals surface area contributed by atoms with Crippen LogP contribution in [-0.4, -0.2) is 55.5 Å². The third-order valence-corrected chi connectivity index (χ3v) is 7.03. The van der Waals surface area contributed by atoms with Crippen molar-refractivity contribution in [2.45, 2.75) is 45.1 Å². The summed E-state index contributed by atoms with van der Waals surface area (Å²) in [5.74, 6) is -0.461. The molecular weight excluding hydrogens is 385 g/mol. The second kappa shape index (κ2) is 6.57.